The van der Waals surface area contributed by atoms with Crippen LogP contribution in [0.15, 0.2) is 18.2 Å². The van der Waals surface area contributed by atoms with Crippen molar-refractivity contribution in [2.75, 3.05) is 0 Å². The van der Waals surface area contributed by atoms with Crippen LogP contribution in [-0.4, -0.2) is 23.4 Å². The van der Waals surface area contributed by atoms with E-state index in [0.29, 0.717) is 0 Å². The van der Waals surface area contributed by atoms with Crippen molar-refractivity contribution < 1.29 is 14.4 Å². The summed E-state index contributed by atoms with van der Waals surface area (Å²) in [6.07, 6.45) is -0.484. The first kappa shape index (κ1) is 14.6. The average molecular weight is 262 g/mol. The van der Waals surface area contributed by atoms with Gasteiger partial charge in [0.2, 0.25) is 0 Å². The largest absolute Gasteiger partial charge is 0.494 e. The van der Waals surface area contributed by atoms with E-state index in [2.05, 4.69) is 0 Å². The molecule has 0 saturated carbocycles. The van der Waals surface area contributed by atoms with Gasteiger partial charge in [-0.25, -0.2) is 0 Å². The highest BCUT2D eigenvalue weighted by Gasteiger charge is 2.51. The molecule has 19 heavy (non-hydrogen) atoms. The summed E-state index contributed by atoms with van der Waals surface area (Å²) in [5, 5.41) is 9.80. The smallest absolute Gasteiger partial charge is 0.399 e. The molecule has 0 amide bonds. The molecule has 1 fully saturated rings. The van der Waals surface area contributed by atoms with Gasteiger partial charge in [0.1, 0.15) is 0 Å². The van der Waals surface area contributed by atoms with Crippen LogP contribution in [0.4, 0.5) is 0 Å². The molecule has 0 spiro atoms. The highest BCUT2D eigenvalue weighted by atomic mass is 16.7. The predicted molar refractivity (Wildman–Crippen MR) is 77.5 cm³/mol. The molecule has 1 saturated heterocycles. The fraction of sp³-hybridized carbons (Fsp3) is 0.600. The minimum atomic E-state index is -0.484. The third kappa shape index (κ3) is 2.57. The molecule has 1 aliphatic rings. The number of aliphatic hydroxyl groups excluding tert-OH is 1. The Morgan fingerprint density at radius 3 is 2.11 bits per heavy atom. The third-order valence-corrected chi connectivity index (χ3v) is 4.28. The van der Waals surface area contributed by atoms with Crippen molar-refractivity contribution in [3.63, 3.8) is 0 Å². The van der Waals surface area contributed by atoms with Crippen LogP contribution in [0, 0.1) is 6.92 Å². The Morgan fingerprint density at radius 1 is 1.11 bits per heavy atom. The zero-order valence-electron chi connectivity index (χ0n) is 12.7. The van der Waals surface area contributed by atoms with Gasteiger partial charge < -0.3 is 14.4 Å². The molecule has 1 aliphatic heterocycles. The van der Waals surface area contributed by atoms with Gasteiger partial charge in [0.15, 0.2) is 0 Å². The second-order valence-corrected chi connectivity index (χ2v) is 6.38. The summed E-state index contributed by atoms with van der Waals surface area (Å²) >= 11 is 0. The van der Waals surface area contributed by atoms with Gasteiger partial charge in [-0.05, 0) is 58.1 Å². The molecular formula is C15H23BO3. The van der Waals surface area contributed by atoms with Gasteiger partial charge in [0.05, 0.1) is 17.3 Å². The van der Waals surface area contributed by atoms with E-state index < -0.39 is 6.10 Å². The molecule has 1 N–H and O–H groups in total. The van der Waals surface area contributed by atoms with E-state index in [1.807, 2.05) is 52.8 Å². The molecule has 2 rings (SSSR count). The lowest BCUT2D eigenvalue weighted by Gasteiger charge is -2.32. The number of aliphatic hydroxyl groups is 1. The first-order valence-corrected chi connectivity index (χ1v) is 6.78. The van der Waals surface area contributed by atoms with Crippen molar-refractivity contribution in [1.29, 1.82) is 0 Å². The Kier molecular flexibility index (Phi) is 3.54. The van der Waals surface area contributed by atoms with Gasteiger partial charge in [-0.1, -0.05) is 18.2 Å². The van der Waals surface area contributed by atoms with Crippen LogP contribution < -0.4 is 5.46 Å². The summed E-state index contributed by atoms with van der Waals surface area (Å²) in [4.78, 5) is 0. The molecule has 0 aromatic heterocycles. The number of aryl methyl sites for hydroxylation is 1. The maximum atomic E-state index is 9.80. The molecule has 4 heteroatoms. The molecule has 1 aromatic rings. The lowest BCUT2D eigenvalue weighted by Crippen LogP contribution is -2.41. The Labute approximate surface area is 116 Å². The molecule has 1 unspecified atom stereocenters. The quantitative estimate of drug-likeness (QED) is 0.831. The zero-order valence-corrected chi connectivity index (χ0v) is 12.7. The molecule has 0 aliphatic carbocycles. The molecule has 104 valence electrons. The summed E-state index contributed by atoms with van der Waals surface area (Å²) in [5.74, 6) is 0. The second-order valence-electron chi connectivity index (χ2n) is 6.38. The van der Waals surface area contributed by atoms with Crippen molar-refractivity contribution in [3.05, 3.63) is 29.3 Å². The third-order valence-electron chi connectivity index (χ3n) is 4.28. The minimum Gasteiger partial charge on any atom is -0.399 e. The van der Waals surface area contributed by atoms with Gasteiger partial charge in [-0.15, -0.1) is 0 Å². The fourth-order valence-electron chi connectivity index (χ4n) is 2.23. The van der Waals surface area contributed by atoms with E-state index in [1.54, 1.807) is 6.92 Å². The molecule has 1 aromatic carbocycles. The monoisotopic (exact) mass is 262 g/mol. The summed E-state index contributed by atoms with van der Waals surface area (Å²) in [6.45, 7) is 11.9. The maximum absolute atomic E-state index is 9.80. The van der Waals surface area contributed by atoms with Crippen LogP contribution in [0.3, 0.4) is 0 Å². The van der Waals surface area contributed by atoms with Gasteiger partial charge >= 0.3 is 7.12 Å². The molecule has 0 radical (unpaired) electrons. The Hall–Kier alpha value is -0.835. The summed E-state index contributed by atoms with van der Waals surface area (Å²) < 4.78 is 12.0. The number of benzene rings is 1. The van der Waals surface area contributed by atoms with Gasteiger partial charge in [0, 0.05) is 0 Å². The topological polar surface area (TPSA) is 38.7 Å². The fourth-order valence-corrected chi connectivity index (χ4v) is 2.23. The Balaban J connectivity index is 2.32. The molecule has 3 nitrogen and oxygen atoms in total. The summed E-state index contributed by atoms with van der Waals surface area (Å²) in [7, 11) is -0.372. The molecular weight excluding hydrogens is 239 g/mol. The molecule has 0 bridgehead atoms. The molecule has 1 heterocycles. The van der Waals surface area contributed by atoms with Crippen molar-refractivity contribution >= 4 is 12.6 Å². The number of hydrogen-bond donors (Lipinski definition) is 1. The average Bonchev–Trinajstić information content (AvgIpc) is 2.48. The van der Waals surface area contributed by atoms with E-state index >= 15 is 0 Å². The van der Waals surface area contributed by atoms with Crippen molar-refractivity contribution in [2.24, 2.45) is 0 Å². The van der Waals surface area contributed by atoms with Gasteiger partial charge in [-0.3, -0.25) is 0 Å². The van der Waals surface area contributed by atoms with Crippen molar-refractivity contribution in [1.82, 2.24) is 0 Å². The van der Waals surface area contributed by atoms with E-state index in [-0.39, 0.29) is 18.3 Å². The van der Waals surface area contributed by atoms with E-state index in [9.17, 15) is 5.11 Å². The lowest BCUT2D eigenvalue weighted by molar-refractivity contribution is 0.00578. The van der Waals surface area contributed by atoms with E-state index in [0.717, 1.165) is 16.6 Å². The normalized spacial score (nSPS) is 22.6. The first-order chi connectivity index (χ1) is 8.64. The number of hydrogen-bond acceptors (Lipinski definition) is 3. The molecule has 1 atom stereocenters. The van der Waals surface area contributed by atoms with Crippen molar-refractivity contribution in [2.45, 2.75) is 58.8 Å². The summed E-state index contributed by atoms with van der Waals surface area (Å²) in [6, 6.07) is 5.98. The lowest BCUT2D eigenvalue weighted by atomic mass is 9.77. The zero-order chi connectivity index (χ0) is 14.4. The standard InChI is InChI=1S/C15H23BO3/c1-10-7-8-12(9-13(10)11(2)17)16-18-14(3,4)15(5,6)19-16/h7-9,11,17H,1-6H3. The predicted octanol–water partition coefficient (Wildman–Crippen LogP) is 2.35. The van der Waals surface area contributed by atoms with Crippen LogP contribution in [0.25, 0.3) is 0 Å². The Morgan fingerprint density at radius 2 is 1.63 bits per heavy atom. The second kappa shape index (κ2) is 4.62. The van der Waals surface area contributed by atoms with E-state index in [1.165, 1.54) is 0 Å². The summed E-state index contributed by atoms with van der Waals surface area (Å²) in [5.41, 5.74) is 2.28. The van der Waals surface area contributed by atoms with Gasteiger partial charge in [-0.2, -0.15) is 0 Å². The van der Waals surface area contributed by atoms with Gasteiger partial charge in [0.25, 0.3) is 0 Å². The minimum absolute atomic E-state index is 0.340. The van der Waals surface area contributed by atoms with Crippen LogP contribution in [0.1, 0.15) is 51.8 Å². The van der Waals surface area contributed by atoms with Crippen LogP contribution in [0.5, 0.6) is 0 Å². The Bertz CT molecular complexity index is 464. The van der Waals surface area contributed by atoms with Crippen LogP contribution in [0.2, 0.25) is 0 Å². The maximum Gasteiger partial charge on any atom is 0.494 e. The highest BCUT2D eigenvalue weighted by molar-refractivity contribution is 6.62. The SMILES string of the molecule is Cc1ccc(B2OC(C)(C)C(C)(C)O2)cc1C(C)O. The van der Waals surface area contributed by atoms with Crippen molar-refractivity contribution in [3.8, 4) is 0 Å². The number of rotatable bonds is 2. The highest BCUT2D eigenvalue weighted by Crippen LogP contribution is 2.36. The van der Waals surface area contributed by atoms with Crippen LogP contribution >= 0.6 is 0 Å². The first-order valence-electron chi connectivity index (χ1n) is 6.78. The van der Waals surface area contributed by atoms with E-state index in [4.69, 9.17) is 9.31 Å². The van der Waals surface area contributed by atoms with Crippen LogP contribution in [-0.2, 0) is 9.31 Å².